The molecule has 0 rings (SSSR count). The Hall–Kier alpha value is -0.530. The van der Waals surface area contributed by atoms with Gasteiger partial charge in [-0.1, -0.05) is 20.8 Å². The van der Waals surface area contributed by atoms with Crippen molar-refractivity contribution in [3.8, 4) is 0 Å². The van der Waals surface area contributed by atoms with Gasteiger partial charge in [-0.25, -0.2) is 0 Å². The minimum Gasteiger partial charge on any atom is -0.462 e. The summed E-state index contributed by atoms with van der Waals surface area (Å²) in [6.07, 6.45) is 1.79. The Kier molecular flexibility index (Phi) is 4.08. The van der Waals surface area contributed by atoms with Crippen molar-refractivity contribution in [1.29, 1.82) is 0 Å². The fourth-order valence-electron chi connectivity index (χ4n) is 0.387. The van der Waals surface area contributed by atoms with Crippen LogP contribution in [0.25, 0.3) is 0 Å². The van der Waals surface area contributed by atoms with E-state index < -0.39 is 0 Å². The van der Waals surface area contributed by atoms with Gasteiger partial charge in [0.05, 0.1) is 5.92 Å². The second kappa shape index (κ2) is 4.31. The molecule has 0 aliphatic carbocycles. The monoisotopic (exact) mass is 143 g/mol. The Balaban J connectivity index is 3.57. The number of ether oxygens (including phenoxy) is 1. The molecule has 0 aromatic rings. The van der Waals surface area contributed by atoms with Crippen molar-refractivity contribution in [2.75, 3.05) is 0 Å². The molecule has 59 valence electrons. The summed E-state index contributed by atoms with van der Waals surface area (Å²) < 4.78 is 4.97. The first-order valence-electron chi connectivity index (χ1n) is 3.58. The normalized spacial score (nSPS) is 13.3. The Morgan fingerprint density at radius 2 is 1.90 bits per heavy atom. The molecule has 0 amide bonds. The first-order chi connectivity index (χ1) is 4.57. The summed E-state index contributed by atoms with van der Waals surface area (Å²) in [4.78, 5) is 10.9. The van der Waals surface area contributed by atoms with Gasteiger partial charge in [-0.05, 0) is 13.3 Å². The first-order valence-corrected chi connectivity index (χ1v) is 3.58. The Morgan fingerprint density at radius 1 is 1.40 bits per heavy atom. The van der Waals surface area contributed by atoms with Crippen molar-refractivity contribution in [2.45, 2.75) is 33.8 Å². The van der Waals surface area contributed by atoms with Gasteiger partial charge >= 0.3 is 5.97 Å². The zero-order chi connectivity index (χ0) is 8.15. The number of rotatable bonds is 3. The molecule has 1 unspecified atom stereocenters. The summed E-state index contributed by atoms with van der Waals surface area (Å²) in [6.45, 7) is 7.37. The Bertz CT molecular complexity index is 108. The van der Waals surface area contributed by atoms with Crippen molar-refractivity contribution in [3.05, 3.63) is 6.42 Å². The lowest BCUT2D eigenvalue weighted by molar-refractivity contribution is -0.150. The van der Waals surface area contributed by atoms with Crippen LogP contribution in [0.4, 0.5) is 0 Å². The molecule has 2 heteroatoms. The smallest absolute Gasteiger partial charge is 0.308 e. The summed E-state index contributed by atoms with van der Waals surface area (Å²) in [7, 11) is 0. The molecule has 0 saturated heterocycles. The molecule has 0 saturated carbocycles. The maximum Gasteiger partial charge on any atom is 0.308 e. The van der Waals surface area contributed by atoms with E-state index in [4.69, 9.17) is 4.74 Å². The predicted octanol–water partition coefficient (Wildman–Crippen LogP) is 1.80. The molecule has 0 aliphatic heterocycles. The van der Waals surface area contributed by atoms with E-state index in [2.05, 4.69) is 0 Å². The second-order valence-electron chi connectivity index (χ2n) is 2.63. The van der Waals surface area contributed by atoms with E-state index in [-0.39, 0.29) is 18.0 Å². The zero-order valence-electron chi connectivity index (χ0n) is 7.05. The van der Waals surface area contributed by atoms with Crippen LogP contribution in [0.15, 0.2) is 0 Å². The van der Waals surface area contributed by atoms with Crippen molar-refractivity contribution >= 4 is 5.97 Å². The summed E-state index contributed by atoms with van der Waals surface area (Å²) in [5, 5.41) is 0. The summed E-state index contributed by atoms with van der Waals surface area (Å²) in [5.74, 6) is -0.159. The van der Waals surface area contributed by atoms with Gasteiger partial charge in [0.25, 0.3) is 0 Å². The number of carbonyl (C=O) groups is 1. The Labute approximate surface area is 62.6 Å². The average molecular weight is 143 g/mol. The largest absolute Gasteiger partial charge is 0.462 e. The van der Waals surface area contributed by atoms with Crippen molar-refractivity contribution in [3.63, 3.8) is 0 Å². The van der Waals surface area contributed by atoms with Crippen LogP contribution in [0.1, 0.15) is 27.7 Å². The lowest BCUT2D eigenvalue weighted by atomic mass is 10.2. The van der Waals surface area contributed by atoms with Crippen molar-refractivity contribution < 1.29 is 9.53 Å². The lowest BCUT2D eigenvalue weighted by Gasteiger charge is -2.11. The number of hydrogen-bond acceptors (Lipinski definition) is 2. The second-order valence-corrected chi connectivity index (χ2v) is 2.63. The number of esters is 1. The fourth-order valence-corrected chi connectivity index (χ4v) is 0.387. The summed E-state index contributed by atoms with van der Waals surface area (Å²) >= 11 is 0. The number of hydrogen-bond donors (Lipinski definition) is 0. The van der Waals surface area contributed by atoms with Crippen LogP contribution in [0.2, 0.25) is 0 Å². The van der Waals surface area contributed by atoms with Gasteiger partial charge < -0.3 is 4.74 Å². The summed E-state index contributed by atoms with van der Waals surface area (Å²) in [6, 6.07) is 0. The third kappa shape index (κ3) is 3.49. The van der Waals surface area contributed by atoms with Crippen LogP contribution >= 0.6 is 0 Å². The highest BCUT2D eigenvalue weighted by Crippen LogP contribution is 2.01. The number of carbonyl (C=O) groups excluding carboxylic acids is 1. The van der Waals surface area contributed by atoms with E-state index in [1.807, 2.05) is 34.1 Å². The predicted molar refractivity (Wildman–Crippen MR) is 40.4 cm³/mol. The first kappa shape index (κ1) is 9.47. The standard InChI is InChI=1S/C8H15O2/c1-5-7(4)10-8(9)6(2)3/h5-7H,1-4H3. The minimum atomic E-state index is -0.134. The van der Waals surface area contributed by atoms with E-state index in [1.54, 1.807) is 0 Å². The molecular formula is C8H15O2. The summed E-state index contributed by atoms with van der Waals surface area (Å²) in [5.41, 5.74) is 0. The van der Waals surface area contributed by atoms with Crippen molar-refractivity contribution in [2.24, 2.45) is 5.92 Å². The highest BCUT2D eigenvalue weighted by molar-refractivity contribution is 5.71. The van der Waals surface area contributed by atoms with Gasteiger partial charge in [0.1, 0.15) is 6.10 Å². The van der Waals surface area contributed by atoms with E-state index in [1.165, 1.54) is 0 Å². The van der Waals surface area contributed by atoms with E-state index >= 15 is 0 Å². The van der Waals surface area contributed by atoms with Gasteiger partial charge in [-0.3, -0.25) is 4.79 Å². The lowest BCUT2D eigenvalue weighted by Crippen LogP contribution is -2.18. The van der Waals surface area contributed by atoms with Crippen LogP contribution in [0, 0.1) is 12.3 Å². The highest BCUT2D eigenvalue weighted by atomic mass is 16.5. The zero-order valence-corrected chi connectivity index (χ0v) is 7.05. The van der Waals surface area contributed by atoms with Crippen LogP contribution in [0.5, 0.6) is 0 Å². The fraction of sp³-hybridized carbons (Fsp3) is 0.750. The minimum absolute atomic E-state index is 0.0256. The topological polar surface area (TPSA) is 26.3 Å². The van der Waals surface area contributed by atoms with Crippen LogP contribution in [-0.2, 0) is 9.53 Å². The molecule has 0 bridgehead atoms. The molecule has 0 N–H and O–H groups in total. The average Bonchev–Trinajstić information content (AvgIpc) is 1.87. The van der Waals surface area contributed by atoms with Crippen LogP contribution in [-0.4, -0.2) is 12.1 Å². The molecule has 0 spiro atoms. The quantitative estimate of drug-likeness (QED) is 0.563. The molecular weight excluding hydrogens is 128 g/mol. The molecule has 2 nitrogen and oxygen atoms in total. The van der Waals surface area contributed by atoms with Crippen molar-refractivity contribution in [1.82, 2.24) is 0 Å². The molecule has 0 aliphatic rings. The van der Waals surface area contributed by atoms with Gasteiger partial charge in [-0.2, -0.15) is 0 Å². The maximum absolute atomic E-state index is 10.9. The molecule has 10 heavy (non-hydrogen) atoms. The molecule has 1 radical (unpaired) electrons. The van der Waals surface area contributed by atoms with E-state index in [0.717, 1.165) is 0 Å². The molecule has 0 aromatic heterocycles. The molecule has 0 aromatic carbocycles. The third-order valence-corrected chi connectivity index (χ3v) is 1.24. The maximum atomic E-state index is 10.9. The third-order valence-electron chi connectivity index (χ3n) is 1.24. The molecule has 0 heterocycles. The molecule has 1 atom stereocenters. The van der Waals surface area contributed by atoms with Crippen LogP contribution in [0.3, 0.4) is 0 Å². The van der Waals surface area contributed by atoms with E-state index in [0.29, 0.717) is 0 Å². The van der Waals surface area contributed by atoms with Gasteiger partial charge in [0.15, 0.2) is 0 Å². The highest BCUT2D eigenvalue weighted by Gasteiger charge is 2.10. The molecule has 0 fully saturated rings. The SMILES string of the molecule is C[CH]C(C)OC(=O)C(C)C. The van der Waals surface area contributed by atoms with E-state index in [9.17, 15) is 4.79 Å². The van der Waals surface area contributed by atoms with Gasteiger partial charge in [-0.15, -0.1) is 0 Å². The Morgan fingerprint density at radius 3 is 2.20 bits per heavy atom. The van der Waals surface area contributed by atoms with Gasteiger partial charge in [0.2, 0.25) is 0 Å². The van der Waals surface area contributed by atoms with Gasteiger partial charge in [0, 0.05) is 0 Å². The van der Waals surface area contributed by atoms with Crippen LogP contribution < -0.4 is 0 Å².